The minimum absolute atomic E-state index is 0.193. The van der Waals surface area contributed by atoms with Crippen molar-refractivity contribution in [2.45, 2.75) is 82.5 Å². The van der Waals surface area contributed by atoms with E-state index in [0.29, 0.717) is 5.52 Å². The topological polar surface area (TPSA) is 74.6 Å². The molecule has 2 aromatic rings. The number of carbonyl (C=O) groups excluding carboxylic acids is 2. The first-order chi connectivity index (χ1) is 14.1. The molecule has 2 aliphatic carbocycles. The molecule has 0 spiro atoms. The zero-order valence-corrected chi connectivity index (χ0v) is 17.3. The van der Waals surface area contributed by atoms with Crippen LogP contribution in [0.3, 0.4) is 0 Å². The van der Waals surface area contributed by atoms with Crippen molar-refractivity contribution in [2.75, 3.05) is 0 Å². The third-order valence-corrected chi connectivity index (χ3v) is 6.83. The van der Waals surface area contributed by atoms with E-state index in [1.54, 1.807) is 12.1 Å². The van der Waals surface area contributed by atoms with Crippen molar-refractivity contribution in [3.8, 4) is 0 Å². The number of aromatic nitrogens is 1. The van der Waals surface area contributed by atoms with Crippen molar-refractivity contribution in [3.05, 3.63) is 33.9 Å². The molecule has 0 unspecified atom stereocenters. The average Bonchev–Trinajstić information content (AvgIpc) is 3.05. The first kappa shape index (κ1) is 20.1. The van der Waals surface area contributed by atoms with Crippen LogP contribution in [0.25, 0.3) is 10.2 Å². The minimum Gasteiger partial charge on any atom is -0.460 e. The van der Waals surface area contributed by atoms with Crippen molar-refractivity contribution in [1.82, 2.24) is 4.57 Å². The number of carbonyl (C=O) groups is 2. The zero-order valence-electron chi connectivity index (χ0n) is 16.5. The van der Waals surface area contributed by atoms with E-state index < -0.39 is 18.0 Å². The van der Waals surface area contributed by atoms with E-state index >= 15 is 0 Å². The van der Waals surface area contributed by atoms with Crippen LogP contribution in [-0.4, -0.2) is 28.7 Å². The van der Waals surface area contributed by atoms with Gasteiger partial charge in [0.2, 0.25) is 6.04 Å². The van der Waals surface area contributed by atoms with E-state index in [0.717, 1.165) is 80.2 Å². The number of esters is 2. The summed E-state index contributed by atoms with van der Waals surface area (Å²) in [6.45, 7) is 0. The Morgan fingerprint density at radius 2 is 1.38 bits per heavy atom. The summed E-state index contributed by atoms with van der Waals surface area (Å²) in [5.41, 5.74) is 0.564. The van der Waals surface area contributed by atoms with Gasteiger partial charge in [-0.3, -0.25) is 9.36 Å². The summed E-state index contributed by atoms with van der Waals surface area (Å²) in [5, 5.41) is 0. The quantitative estimate of drug-likeness (QED) is 0.534. The molecule has 0 saturated heterocycles. The predicted molar refractivity (Wildman–Crippen MR) is 111 cm³/mol. The summed E-state index contributed by atoms with van der Waals surface area (Å²) in [5.74, 6) is -1.35. The molecule has 1 aromatic heterocycles. The number of nitrogens with zero attached hydrogens (tertiary/aromatic N) is 1. The maximum absolute atomic E-state index is 13.1. The molecule has 0 atom stereocenters. The Labute approximate surface area is 173 Å². The standard InChI is InChI=1S/C22H27NO5S/c24-20(27-15-9-3-1-4-10-15)19(21(25)28-16-11-5-2-6-12-16)23-17-13-7-8-14-18(17)29-22(23)26/h7-8,13-16,19H,1-6,9-12H2. The van der Waals surface area contributed by atoms with Crippen LogP contribution in [0.5, 0.6) is 0 Å². The van der Waals surface area contributed by atoms with Crippen LogP contribution in [-0.2, 0) is 19.1 Å². The van der Waals surface area contributed by atoms with Gasteiger partial charge in [-0.25, -0.2) is 9.59 Å². The fourth-order valence-electron chi connectivity index (χ4n) is 4.36. The van der Waals surface area contributed by atoms with Crippen molar-refractivity contribution in [1.29, 1.82) is 0 Å². The summed E-state index contributed by atoms with van der Waals surface area (Å²) in [4.78, 5) is 38.6. The Morgan fingerprint density at radius 3 is 1.93 bits per heavy atom. The molecule has 0 N–H and O–H groups in total. The molecule has 2 saturated carbocycles. The molecule has 0 radical (unpaired) electrons. The van der Waals surface area contributed by atoms with E-state index in [1.807, 2.05) is 12.1 Å². The van der Waals surface area contributed by atoms with Crippen molar-refractivity contribution in [2.24, 2.45) is 0 Å². The van der Waals surface area contributed by atoms with Crippen molar-refractivity contribution in [3.63, 3.8) is 0 Å². The van der Waals surface area contributed by atoms with Crippen LogP contribution in [0.2, 0.25) is 0 Å². The van der Waals surface area contributed by atoms with Gasteiger partial charge in [0, 0.05) is 0 Å². The van der Waals surface area contributed by atoms with Crippen LogP contribution in [0, 0.1) is 0 Å². The Kier molecular flexibility index (Phi) is 6.33. The van der Waals surface area contributed by atoms with Gasteiger partial charge in [0.05, 0.1) is 10.2 Å². The molecule has 29 heavy (non-hydrogen) atoms. The average molecular weight is 418 g/mol. The zero-order chi connectivity index (χ0) is 20.2. The maximum Gasteiger partial charge on any atom is 0.341 e. The highest BCUT2D eigenvalue weighted by Gasteiger charge is 2.37. The van der Waals surface area contributed by atoms with Gasteiger partial charge in [-0.1, -0.05) is 36.3 Å². The van der Waals surface area contributed by atoms with Gasteiger partial charge in [-0.15, -0.1) is 0 Å². The van der Waals surface area contributed by atoms with Gasteiger partial charge in [0.25, 0.3) is 0 Å². The van der Waals surface area contributed by atoms with Gasteiger partial charge in [-0.05, 0) is 63.5 Å². The summed E-state index contributed by atoms with van der Waals surface area (Å²) >= 11 is 1.03. The molecule has 2 aliphatic rings. The second-order valence-corrected chi connectivity index (χ2v) is 9.00. The first-order valence-corrected chi connectivity index (χ1v) is 11.5. The van der Waals surface area contributed by atoms with Crippen LogP contribution >= 0.6 is 11.3 Å². The highest BCUT2D eigenvalue weighted by molar-refractivity contribution is 7.16. The van der Waals surface area contributed by atoms with Gasteiger partial charge in [0.15, 0.2) is 0 Å². The van der Waals surface area contributed by atoms with Crippen molar-refractivity contribution < 1.29 is 19.1 Å². The lowest BCUT2D eigenvalue weighted by molar-refractivity contribution is -0.168. The van der Waals surface area contributed by atoms with Crippen molar-refractivity contribution >= 4 is 33.5 Å². The number of para-hydroxylation sites is 1. The Morgan fingerprint density at radius 1 is 0.862 bits per heavy atom. The number of hydrogen-bond acceptors (Lipinski definition) is 6. The van der Waals surface area contributed by atoms with E-state index in [4.69, 9.17) is 9.47 Å². The number of fused-ring (bicyclic) bond motifs is 1. The number of rotatable bonds is 5. The second-order valence-electron chi connectivity index (χ2n) is 8.00. The van der Waals surface area contributed by atoms with Crippen LogP contribution in [0.1, 0.15) is 70.3 Å². The van der Waals surface area contributed by atoms with Crippen LogP contribution in [0.4, 0.5) is 0 Å². The Hall–Kier alpha value is -2.15. The number of benzene rings is 1. The number of hydrogen-bond donors (Lipinski definition) is 0. The lowest BCUT2D eigenvalue weighted by Crippen LogP contribution is -2.39. The van der Waals surface area contributed by atoms with E-state index in [-0.39, 0.29) is 17.1 Å². The number of ether oxygens (including phenoxy) is 2. The van der Waals surface area contributed by atoms with E-state index in [1.165, 1.54) is 4.57 Å². The Balaban J connectivity index is 1.64. The molecule has 1 heterocycles. The minimum atomic E-state index is -1.39. The fraction of sp³-hybridized carbons (Fsp3) is 0.591. The predicted octanol–water partition coefficient (Wildman–Crippen LogP) is 4.36. The SMILES string of the molecule is O=C(OC1CCCCC1)C(C(=O)OC1CCCCC1)n1c(=O)sc2ccccc21. The van der Waals surface area contributed by atoms with Gasteiger partial charge in [0.1, 0.15) is 12.2 Å². The monoisotopic (exact) mass is 417 g/mol. The third-order valence-electron chi connectivity index (χ3n) is 5.89. The van der Waals surface area contributed by atoms with Crippen LogP contribution in [0.15, 0.2) is 29.1 Å². The highest BCUT2D eigenvalue weighted by Crippen LogP contribution is 2.27. The molecule has 0 aliphatic heterocycles. The molecule has 2 fully saturated rings. The lowest BCUT2D eigenvalue weighted by atomic mass is 9.97. The number of thiazole rings is 1. The molecule has 1 aromatic carbocycles. The molecule has 6 nitrogen and oxygen atoms in total. The summed E-state index contributed by atoms with van der Waals surface area (Å²) in [7, 11) is 0. The molecular formula is C22H27NO5S. The van der Waals surface area contributed by atoms with Gasteiger partial charge in [-0.2, -0.15) is 0 Å². The Bertz CT molecular complexity index is 889. The van der Waals surface area contributed by atoms with E-state index in [2.05, 4.69) is 0 Å². The fourth-order valence-corrected chi connectivity index (χ4v) is 5.27. The molecule has 0 amide bonds. The lowest BCUT2D eigenvalue weighted by Gasteiger charge is -2.27. The molecule has 7 heteroatoms. The summed E-state index contributed by atoms with van der Waals surface area (Å²) in [6.07, 6.45) is 9.13. The normalized spacial score (nSPS) is 18.8. The van der Waals surface area contributed by atoms with Gasteiger partial charge < -0.3 is 9.47 Å². The van der Waals surface area contributed by atoms with Gasteiger partial charge >= 0.3 is 16.8 Å². The second kappa shape index (κ2) is 9.11. The van der Waals surface area contributed by atoms with Crippen LogP contribution < -0.4 is 4.87 Å². The summed E-state index contributed by atoms with van der Waals surface area (Å²) in [6, 6.07) is 5.80. The summed E-state index contributed by atoms with van der Waals surface area (Å²) < 4.78 is 13.4. The molecule has 156 valence electrons. The smallest absolute Gasteiger partial charge is 0.341 e. The molecule has 0 bridgehead atoms. The molecular weight excluding hydrogens is 390 g/mol. The van der Waals surface area contributed by atoms with E-state index in [9.17, 15) is 14.4 Å². The first-order valence-electron chi connectivity index (χ1n) is 10.6. The highest BCUT2D eigenvalue weighted by atomic mass is 32.1. The molecule has 4 rings (SSSR count). The largest absolute Gasteiger partial charge is 0.460 e. The maximum atomic E-state index is 13.1. The third kappa shape index (κ3) is 4.55.